The Morgan fingerprint density at radius 2 is 1.62 bits per heavy atom. The van der Waals surface area contributed by atoms with Gasteiger partial charge in [0, 0.05) is 0 Å². The van der Waals surface area contributed by atoms with E-state index in [9.17, 15) is 0 Å². The van der Waals surface area contributed by atoms with Crippen molar-refractivity contribution < 1.29 is 9.47 Å². The number of ether oxygens (including phenoxy) is 2. The van der Waals surface area contributed by atoms with Crippen LogP contribution < -0.4 is 9.47 Å². The summed E-state index contributed by atoms with van der Waals surface area (Å²) in [4.78, 5) is 0. The molecule has 0 saturated heterocycles. The lowest BCUT2D eigenvalue weighted by Crippen LogP contribution is -2.09. The van der Waals surface area contributed by atoms with Crippen LogP contribution in [0.5, 0.6) is 11.5 Å². The van der Waals surface area contributed by atoms with Crippen molar-refractivity contribution in [3.8, 4) is 11.5 Å². The molecule has 0 aliphatic carbocycles. The van der Waals surface area contributed by atoms with Crippen LogP contribution in [0, 0.1) is 6.92 Å². The Labute approximate surface area is 161 Å². The molecule has 0 unspecified atom stereocenters. The number of hydrogen-bond donors (Lipinski definition) is 0. The zero-order valence-corrected chi connectivity index (χ0v) is 15.5. The first-order valence-corrected chi connectivity index (χ1v) is 8.58. The predicted octanol–water partition coefficient (Wildman–Crippen LogP) is 4.23. The topological polar surface area (TPSA) is 61.5 Å². The van der Waals surface area contributed by atoms with Crippen LogP contribution in [0.3, 0.4) is 0 Å². The van der Waals surface area contributed by atoms with Crippen LogP contribution >= 0.6 is 23.2 Å². The molecule has 0 saturated carbocycles. The average Bonchev–Trinajstić information content (AvgIpc) is 3.14. The van der Waals surface area contributed by atoms with E-state index in [1.165, 1.54) is 22.9 Å². The van der Waals surface area contributed by atoms with Crippen LogP contribution in [0.15, 0.2) is 54.2 Å². The largest absolute Gasteiger partial charge is 0.490 e. The molecule has 3 aromatic rings. The van der Waals surface area contributed by atoms with Gasteiger partial charge in [0.1, 0.15) is 31.6 Å². The third-order valence-electron chi connectivity index (χ3n) is 3.39. The van der Waals surface area contributed by atoms with Crippen LogP contribution in [0.4, 0.5) is 0 Å². The zero-order chi connectivity index (χ0) is 18.4. The molecule has 0 fully saturated rings. The van der Waals surface area contributed by atoms with Gasteiger partial charge in [-0.3, -0.25) is 0 Å². The summed E-state index contributed by atoms with van der Waals surface area (Å²) in [6, 6.07) is 11.3. The number of rotatable bonds is 7. The molecular weight excluding hydrogens is 375 g/mol. The number of nitrogens with zero attached hydrogens (tertiary/aromatic N) is 4. The molecule has 0 radical (unpaired) electrons. The smallest absolute Gasteiger partial charge is 0.156 e. The van der Waals surface area contributed by atoms with E-state index in [1.807, 2.05) is 31.2 Å². The van der Waals surface area contributed by atoms with Gasteiger partial charge in [0.05, 0.1) is 16.3 Å². The fourth-order valence-corrected chi connectivity index (χ4v) is 2.73. The van der Waals surface area contributed by atoms with Crippen molar-refractivity contribution in [2.45, 2.75) is 6.92 Å². The molecule has 0 bridgehead atoms. The maximum absolute atomic E-state index is 6.27. The molecule has 2 aromatic carbocycles. The summed E-state index contributed by atoms with van der Waals surface area (Å²) in [6.07, 6.45) is 4.56. The van der Waals surface area contributed by atoms with E-state index in [4.69, 9.17) is 32.7 Å². The van der Waals surface area contributed by atoms with Crippen molar-refractivity contribution in [3.05, 3.63) is 70.2 Å². The van der Waals surface area contributed by atoms with Crippen molar-refractivity contribution in [2.24, 2.45) is 5.10 Å². The Morgan fingerprint density at radius 1 is 1.00 bits per heavy atom. The molecule has 0 atom stereocenters. The molecule has 6 nitrogen and oxygen atoms in total. The predicted molar refractivity (Wildman–Crippen MR) is 102 cm³/mol. The van der Waals surface area contributed by atoms with Crippen LogP contribution in [0.1, 0.15) is 11.1 Å². The van der Waals surface area contributed by atoms with Gasteiger partial charge in [-0.1, -0.05) is 40.9 Å². The minimum absolute atomic E-state index is 0.321. The summed E-state index contributed by atoms with van der Waals surface area (Å²) in [5.41, 5.74) is 1.91. The summed E-state index contributed by atoms with van der Waals surface area (Å²) >= 11 is 12.5. The van der Waals surface area contributed by atoms with E-state index < -0.39 is 0 Å². The Balaban J connectivity index is 1.57. The van der Waals surface area contributed by atoms with Gasteiger partial charge in [0.2, 0.25) is 0 Å². The minimum atomic E-state index is 0.321. The number of aryl methyl sites for hydroxylation is 1. The summed E-state index contributed by atoms with van der Waals surface area (Å²) in [5, 5.41) is 12.3. The molecule has 0 N–H and O–H groups in total. The Kier molecular flexibility index (Phi) is 6.09. The molecule has 3 rings (SSSR count). The summed E-state index contributed by atoms with van der Waals surface area (Å²) in [6.45, 7) is 2.73. The highest BCUT2D eigenvalue weighted by Crippen LogP contribution is 2.33. The number of hydrogen-bond acceptors (Lipinski definition) is 5. The molecular formula is C18H16Cl2N4O2. The Hall–Kier alpha value is -2.57. The first-order chi connectivity index (χ1) is 12.6. The lowest BCUT2D eigenvalue weighted by Gasteiger charge is -2.11. The summed E-state index contributed by atoms with van der Waals surface area (Å²) in [5.74, 6) is 1.21. The fraction of sp³-hybridized carbons (Fsp3) is 0.167. The van der Waals surface area contributed by atoms with Crippen molar-refractivity contribution in [1.82, 2.24) is 14.9 Å². The van der Waals surface area contributed by atoms with Gasteiger partial charge in [-0.05, 0) is 36.8 Å². The lowest BCUT2D eigenvalue weighted by atomic mass is 10.2. The molecule has 0 aliphatic heterocycles. The Bertz CT molecular complexity index is 858. The second kappa shape index (κ2) is 8.69. The van der Waals surface area contributed by atoms with Crippen molar-refractivity contribution in [3.63, 3.8) is 0 Å². The fourth-order valence-electron chi connectivity index (χ4n) is 2.12. The van der Waals surface area contributed by atoms with E-state index in [2.05, 4.69) is 15.3 Å². The second-order valence-electron chi connectivity index (χ2n) is 5.41. The minimum Gasteiger partial charge on any atom is -0.490 e. The van der Waals surface area contributed by atoms with Gasteiger partial charge in [0.25, 0.3) is 0 Å². The van der Waals surface area contributed by atoms with Gasteiger partial charge in [-0.15, -0.1) is 10.2 Å². The molecule has 0 spiro atoms. The van der Waals surface area contributed by atoms with E-state index >= 15 is 0 Å². The lowest BCUT2D eigenvalue weighted by molar-refractivity contribution is 0.217. The van der Waals surface area contributed by atoms with Crippen molar-refractivity contribution >= 4 is 29.4 Å². The van der Waals surface area contributed by atoms with E-state index in [1.54, 1.807) is 18.3 Å². The van der Waals surface area contributed by atoms with Crippen molar-refractivity contribution in [1.29, 1.82) is 0 Å². The monoisotopic (exact) mass is 390 g/mol. The van der Waals surface area contributed by atoms with Gasteiger partial charge < -0.3 is 9.47 Å². The highest BCUT2D eigenvalue weighted by atomic mass is 35.5. The molecule has 0 aliphatic rings. The molecule has 134 valence electrons. The standard InChI is InChI=1S/C18H16Cl2N4O2/c1-13-2-4-15(5-3-13)25-6-7-26-18-16(19)8-14(9-17(18)20)10-23-24-11-21-22-12-24/h2-5,8-12H,6-7H2,1H3/b23-10-. The molecule has 1 heterocycles. The number of benzene rings is 2. The van der Waals surface area contributed by atoms with Gasteiger partial charge in [-0.25, -0.2) is 4.68 Å². The first kappa shape index (κ1) is 18.2. The highest BCUT2D eigenvalue weighted by molar-refractivity contribution is 6.37. The third-order valence-corrected chi connectivity index (χ3v) is 3.95. The van der Waals surface area contributed by atoms with Crippen LogP contribution in [-0.2, 0) is 0 Å². The van der Waals surface area contributed by atoms with E-state index in [0.29, 0.717) is 29.0 Å². The third kappa shape index (κ3) is 4.97. The summed E-state index contributed by atoms with van der Waals surface area (Å²) in [7, 11) is 0. The zero-order valence-electron chi connectivity index (χ0n) is 14.0. The maximum atomic E-state index is 6.27. The van der Waals surface area contributed by atoms with Gasteiger partial charge in [-0.2, -0.15) is 5.10 Å². The van der Waals surface area contributed by atoms with Crippen LogP contribution in [0.2, 0.25) is 10.0 Å². The SMILES string of the molecule is Cc1ccc(OCCOc2c(Cl)cc(/C=N\n3cnnc3)cc2Cl)cc1. The van der Waals surface area contributed by atoms with Crippen LogP contribution in [-0.4, -0.2) is 34.3 Å². The van der Waals surface area contributed by atoms with Crippen molar-refractivity contribution in [2.75, 3.05) is 13.2 Å². The Morgan fingerprint density at radius 3 is 2.27 bits per heavy atom. The van der Waals surface area contributed by atoms with Gasteiger partial charge >= 0.3 is 0 Å². The van der Waals surface area contributed by atoms with Gasteiger partial charge in [0.15, 0.2) is 5.75 Å². The molecule has 26 heavy (non-hydrogen) atoms. The average molecular weight is 391 g/mol. The quantitative estimate of drug-likeness (QED) is 0.447. The number of aromatic nitrogens is 3. The van der Waals surface area contributed by atoms with E-state index in [0.717, 1.165) is 11.3 Å². The maximum Gasteiger partial charge on any atom is 0.156 e. The second-order valence-corrected chi connectivity index (χ2v) is 6.22. The molecule has 0 amide bonds. The van der Waals surface area contributed by atoms with E-state index in [-0.39, 0.29) is 0 Å². The molecule has 1 aromatic heterocycles. The highest BCUT2D eigenvalue weighted by Gasteiger charge is 2.09. The normalized spacial score (nSPS) is 11.0. The van der Waals surface area contributed by atoms with Crippen LogP contribution in [0.25, 0.3) is 0 Å². The summed E-state index contributed by atoms with van der Waals surface area (Å²) < 4.78 is 12.7. The molecule has 8 heteroatoms. The number of halogens is 2. The first-order valence-electron chi connectivity index (χ1n) is 7.82.